The van der Waals surface area contributed by atoms with Gasteiger partial charge in [-0.25, -0.2) is 9.37 Å². The molecule has 1 atom stereocenters. The molecule has 5 rings (SSSR count). The van der Waals surface area contributed by atoms with Crippen LogP contribution in [-0.2, 0) is 6.54 Å². The number of fused-ring (bicyclic) bond motifs is 5. The van der Waals surface area contributed by atoms with Crippen LogP contribution in [0.3, 0.4) is 0 Å². The lowest BCUT2D eigenvalue weighted by molar-refractivity contribution is 0.0458. The number of rotatable bonds is 8. The summed E-state index contributed by atoms with van der Waals surface area (Å²) in [5.74, 6) is -0.150. The quantitative estimate of drug-likeness (QED) is 0.487. The van der Waals surface area contributed by atoms with E-state index >= 15 is 0 Å². The van der Waals surface area contributed by atoms with E-state index in [2.05, 4.69) is 28.3 Å². The van der Waals surface area contributed by atoms with Gasteiger partial charge in [0.15, 0.2) is 11.6 Å². The van der Waals surface area contributed by atoms with Gasteiger partial charge < -0.3 is 14.2 Å². The molecule has 9 nitrogen and oxygen atoms in total. The summed E-state index contributed by atoms with van der Waals surface area (Å²) in [6.45, 7) is 9.84. The van der Waals surface area contributed by atoms with Gasteiger partial charge in [-0.3, -0.25) is 14.3 Å². The van der Waals surface area contributed by atoms with E-state index in [1.165, 1.54) is 13.2 Å². The number of imidazole rings is 1. The SMILES string of the molecule is C=CCN(CC=C)Cc1nc(-c2ncn3c2[C@@H]2CCN2C(=O)c2c-3ccc(F)c2OC)no1. The lowest BCUT2D eigenvalue weighted by Crippen LogP contribution is -2.44. The molecule has 2 aromatic heterocycles. The van der Waals surface area contributed by atoms with Crippen molar-refractivity contribution in [3.8, 4) is 23.0 Å². The Balaban J connectivity index is 1.57. The van der Waals surface area contributed by atoms with Crippen molar-refractivity contribution in [1.82, 2.24) is 29.5 Å². The van der Waals surface area contributed by atoms with Crippen molar-refractivity contribution in [2.75, 3.05) is 26.7 Å². The van der Waals surface area contributed by atoms with Crippen LogP contribution in [0.5, 0.6) is 5.75 Å². The van der Waals surface area contributed by atoms with Crippen LogP contribution in [-0.4, -0.2) is 62.1 Å². The van der Waals surface area contributed by atoms with Crippen LogP contribution in [0.15, 0.2) is 48.3 Å². The van der Waals surface area contributed by atoms with Crippen molar-refractivity contribution in [2.45, 2.75) is 19.0 Å². The highest BCUT2D eigenvalue weighted by atomic mass is 19.1. The number of hydrogen-bond donors (Lipinski definition) is 0. The summed E-state index contributed by atoms with van der Waals surface area (Å²) < 4.78 is 27.0. The Bertz CT molecular complexity index is 1240. The number of hydrogen-bond acceptors (Lipinski definition) is 7. The molecule has 1 fully saturated rings. The van der Waals surface area contributed by atoms with Crippen molar-refractivity contribution in [3.63, 3.8) is 0 Å². The maximum Gasteiger partial charge on any atom is 0.260 e. The van der Waals surface area contributed by atoms with Crippen molar-refractivity contribution < 1.29 is 18.4 Å². The first kappa shape index (κ1) is 21.1. The summed E-state index contributed by atoms with van der Waals surface area (Å²) in [4.78, 5) is 26.1. The Morgan fingerprint density at radius 3 is 2.79 bits per heavy atom. The predicted octanol–water partition coefficient (Wildman–Crippen LogP) is 3.14. The van der Waals surface area contributed by atoms with E-state index in [1.807, 2.05) is 4.90 Å². The third-order valence-corrected chi connectivity index (χ3v) is 5.98. The predicted molar refractivity (Wildman–Crippen MR) is 117 cm³/mol. The normalized spacial score (nSPS) is 16.5. The van der Waals surface area contributed by atoms with Gasteiger partial charge in [-0.2, -0.15) is 4.98 Å². The number of amides is 1. The van der Waals surface area contributed by atoms with Crippen LogP contribution in [0.2, 0.25) is 0 Å². The maximum atomic E-state index is 14.4. The lowest BCUT2D eigenvalue weighted by Gasteiger charge is -2.39. The number of halogens is 1. The number of carbonyl (C=O) groups excluding carboxylic acids is 1. The van der Waals surface area contributed by atoms with E-state index in [4.69, 9.17) is 9.26 Å². The second-order valence-electron chi connectivity index (χ2n) is 7.91. The van der Waals surface area contributed by atoms with Gasteiger partial charge in [0.05, 0.1) is 31.1 Å². The Labute approximate surface area is 189 Å². The van der Waals surface area contributed by atoms with E-state index in [1.54, 1.807) is 34.0 Å². The zero-order valence-corrected chi connectivity index (χ0v) is 18.2. The number of benzene rings is 1. The molecule has 10 heteroatoms. The van der Waals surface area contributed by atoms with Crippen LogP contribution in [0.1, 0.15) is 34.4 Å². The monoisotopic (exact) mass is 450 g/mol. The second-order valence-corrected chi connectivity index (χ2v) is 7.91. The molecule has 0 saturated carbocycles. The fourth-order valence-corrected chi connectivity index (χ4v) is 4.43. The Morgan fingerprint density at radius 1 is 1.33 bits per heavy atom. The molecule has 4 heterocycles. The standard InChI is InChI=1S/C23H23FN6O3/c1-4-9-28(10-5-2)12-17-26-22(27-33-17)19-20-16-8-11-29(16)23(31)18-15(30(20)13-25-19)7-6-14(24)21(18)32-3/h4-7,13,16H,1-2,8-12H2,3H3/t16-/m0/s1. The minimum absolute atomic E-state index is 0.0716. The van der Waals surface area contributed by atoms with Crippen molar-refractivity contribution in [2.24, 2.45) is 0 Å². The fourth-order valence-electron chi connectivity index (χ4n) is 4.43. The highest BCUT2D eigenvalue weighted by Gasteiger charge is 2.44. The highest BCUT2D eigenvalue weighted by molar-refractivity contribution is 6.02. The molecule has 0 spiro atoms. The average molecular weight is 450 g/mol. The smallest absolute Gasteiger partial charge is 0.260 e. The van der Waals surface area contributed by atoms with E-state index in [9.17, 15) is 9.18 Å². The molecule has 33 heavy (non-hydrogen) atoms. The topological polar surface area (TPSA) is 89.5 Å². The summed E-state index contributed by atoms with van der Waals surface area (Å²) >= 11 is 0. The van der Waals surface area contributed by atoms with Gasteiger partial charge in [0.25, 0.3) is 5.91 Å². The molecule has 2 aliphatic rings. The largest absolute Gasteiger partial charge is 0.493 e. The van der Waals surface area contributed by atoms with Gasteiger partial charge in [-0.05, 0) is 18.6 Å². The molecule has 0 N–H and O–H groups in total. The van der Waals surface area contributed by atoms with Gasteiger partial charge in [0.2, 0.25) is 11.7 Å². The van der Waals surface area contributed by atoms with Crippen molar-refractivity contribution >= 4 is 5.91 Å². The molecule has 3 aromatic rings. The van der Waals surface area contributed by atoms with Crippen molar-refractivity contribution in [1.29, 1.82) is 0 Å². The minimum atomic E-state index is -0.586. The Hall–Kier alpha value is -3.79. The molecule has 1 amide bonds. The van der Waals surface area contributed by atoms with E-state index in [-0.39, 0.29) is 23.3 Å². The van der Waals surface area contributed by atoms with Gasteiger partial charge in [-0.1, -0.05) is 17.3 Å². The van der Waals surface area contributed by atoms with Gasteiger partial charge in [-0.15, -0.1) is 13.2 Å². The minimum Gasteiger partial charge on any atom is -0.493 e. The van der Waals surface area contributed by atoms with E-state index < -0.39 is 5.82 Å². The maximum absolute atomic E-state index is 14.4. The van der Waals surface area contributed by atoms with Crippen LogP contribution in [0, 0.1) is 5.82 Å². The van der Waals surface area contributed by atoms with Crippen LogP contribution < -0.4 is 4.74 Å². The Kier molecular flexibility index (Phi) is 5.29. The molecule has 0 aliphatic carbocycles. The lowest BCUT2D eigenvalue weighted by atomic mass is 9.97. The fraction of sp³-hybridized carbons (Fsp3) is 0.304. The summed E-state index contributed by atoms with van der Waals surface area (Å²) in [5, 5.41) is 4.15. The molecule has 1 saturated heterocycles. The van der Waals surface area contributed by atoms with Gasteiger partial charge in [0, 0.05) is 19.6 Å². The third kappa shape index (κ3) is 3.34. The molecule has 0 bridgehead atoms. The number of methoxy groups -OCH3 is 1. The molecule has 2 aliphatic heterocycles. The first-order valence-electron chi connectivity index (χ1n) is 10.6. The molecule has 1 aromatic carbocycles. The zero-order valence-electron chi connectivity index (χ0n) is 18.2. The van der Waals surface area contributed by atoms with E-state index in [0.717, 1.165) is 12.1 Å². The zero-order chi connectivity index (χ0) is 23.1. The second kappa shape index (κ2) is 8.28. The number of nitrogens with zero attached hydrogens (tertiary/aromatic N) is 6. The number of aromatic nitrogens is 4. The van der Waals surface area contributed by atoms with Crippen molar-refractivity contribution in [3.05, 3.63) is 66.7 Å². The summed E-state index contributed by atoms with van der Waals surface area (Å²) in [6.07, 6.45) is 5.95. The first-order valence-corrected chi connectivity index (χ1v) is 10.6. The molecular formula is C23H23FN6O3. The molecule has 0 unspecified atom stereocenters. The third-order valence-electron chi connectivity index (χ3n) is 5.98. The molecule has 0 radical (unpaired) electrons. The van der Waals surface area contributed by atoms with Crippen LogP contribution in [0.4, 0.5) is 4.39 Å². The summed E-state index contributed by atoms with van der Waals surface area (Å²) in [6, 6.07) is 2.63. The summed E-state index contributed by atoms with van der Waals surface area (Å²) in [5.41, 5.74) is 1.99. The van der Waals surface area contributed by atoms with Crippen LogP contribution >= 0.6 is 0 Å². The van der Waals surface area contributed by atoms with Gasteiger partial charge in [0.1, 0.15) is 17.6 Å². The number of ether oxygens (including phenoxy) is 1. The van der Waals surface area contributed by atoms with E-state index in [0.29, 0.717) is 49.3 Å². The molecule has 170 valence electrons. The Morgan fingerprint density at radius 2 is 2.12 bits per heavy atom. The first-order chi connectivity index (χ1) is 16.1. The van der Waals surface area contributed by atoms with Crippen LogP contribution in [0.25, 0.3) is 17.2 Å². The number of carbonyl (C=O) groups is 1. The highest BCUT2D eigenvalue weighted by Crippen LogP contribution is 2.45. The van der Waals surface area contributed by atoms with Gasteiger partial charge >= 0.3 is 0 Å². The summed E-state index contributed by atoms with van der Waals surface area (Å²) in [7, 11) is 1.35. The molecular weight excluding hydrogens is 427 g/mol. The average Bonchev–Trinajstić information content (AvgIpc) is 3.38.